The topological polar surface area (TPSA) is 8.81 Å². The van der Waals surface area contributed by atoms with Gasteiger partial charge in [-0.25, -0.2) is 9.13 Å². The molecule has 1 heterocycles. The molecule has 0 aliphatic rings. The SMILES string of the molecule is CCCCCCCCCCCC[n+]1ccn(C)c1. The number of imidazole rings is 1. The lowest BCUT2D eigenvalue weighted by atomic mass is 10.1. The van der Waals surface area contributed by atoms with Crippen molar-refractivity contribution in [2.45, 2.75) is 77.7 Å². The lowest BCUT2D eigenvalue weighted by Gasteiger charge is -2.01. The van der Waals surface area contributed by atoms with Gasteiger partial charge in [0.15, 0.2) is 0 Å². The van der Waals surface area contributed by atoms with Crippen molar-refractivity contribution in [1.82, 2.24) is 4.57 Å². The van der Waals surface area contributed by atoms with Gasteiger partial charge in [-0.3, -0.25) is 0 Å². The van der Waals surface area contributed by atoms with Gasteiger partial charge in [0.05, 0.1) is 13.6 Å². The molecule has 0 aliphatic heterocycles. The van der Waals surface area contributed by atoms with E-state index in [0.29, 0.717) is 0 Å². The van der Waals surface area contributed by atoms with Crippen LogP contribution in [-0.4, -0.2) is 4.57 Å². The minimum atomic E-state index is 1.18. The second kappa shape index (κ2) is 10.2. The minimum Gasteiger partial charge on any atom is -0.240 e. The normalized spacial score (nSPS) is 11.0. The first-order valence-corrected chi connectivity index (χ1v) is 7.84. The van der Waals surface area contributed by atoms with Crippen molar-refractivity contribution in [3.8, 4) is 0 Å². The number of unbranched alkanes of at least 4 members (excludes halogenated alkanes) is 9. The Labute approximate surface area is 113 Å². The van der Waals surface area contributed by atoms with E-state index in [-0.39, 0.29) is 0 Å². The second-order valence-corrected chi connectivity index (χ2v) is 5.50. The summed E-state index contributed by atoms with van der Waals surface area (Å²) in [6, 6.07) is 0. The molecular formula is C16H31N2+. The van der Waals surface area contributed by atoms with Gasteiger partial charge < -0.3 is 0 Å². The fraction of sp³-hybridized carbons (Fsp3) is 0.812. The number of rotatable bonds is 11. The van der Waals surface area contributed by atoms with Crippen LogP contribution >= 0.6 is 0 Å². The van der Waals surface area contributed by atoms with Gasteiger partial charge >= 0.3 is 0 Å². The van der Waals surface area contributed by atoms with Gasteiger partial charge in [-0.1, -0.05) is 58.3 Å². The molecule has 1 rings (SSSR count). The van der Waals surface area contributed by atoms with E-state index in [2.05, 4.69) is 41.8 Å². The number of aromatic nitrogens is 2. The quantitative estimate of drug-likeness (QED) is 0.411. The first-order valence-electron chi connectivity index (χ1n) is 7.84. The third kappa shape index (κ3) is 7.52. The highest BCUT2D eigenvalue weighted by Crippen LogP contribution is 2.10. The molecule has 18 heavy (non-hydrogen) atoms. The molecule has 1 aromatic heterocycles. The molecule has 0 bridgehead atoms. The van der Waals surface area contributed by atoms with Crippen molar-refractivity contribution in [3.63, 3.8) is 0 Å². The summed E-state index contributed by atoms with van der Waals surface area (Å²) in [6.45, 7) is 3.46. The lowest BCUT2D eigenvalue weighted by molar-refractivity contribution is -0.696. The molecule has 0 fully saturated rings. The van der Waals surface area contributed by atoms with E-state index in [4.69, 9.17) is 0 Å². The highest BCUT2D eigenvalue weighted by atomic mass is 15.1. The number of hydrogen-bond acceptors (Lipinski definition) is 0. The van der Waals surface area contributed by atoms with Gasteiger partial charge in [-0.2, -0.15) is 0 Å². The third-order valence-corrected chi connectivity index (χ3v) is 3.59. The van der Waals surface area contributed by atoms with Crippen molar-refractivity contribution in [2.75, 3.05) is 0 Å². The highest BCUT2D eigenvalue weighted by Gasteiger charge is 1.99. The number of aryl methyl sites for hydroxylation is 2. The molecule has 0 unspecified atom stereocenters. The Kier molecular flexibility index (Phi) is 8.62. The summed E-state index contributed by atoms with van der Waals surface area (Å²) in [6.07, 6.45) is 20.6. The average Bonchev–Trinajstić information content (AvgIpc) is 2.77. The standard InChI is InChI=1S/C16H31N2/c1-3-4-5-6-7-8-9-10-11-12-13-18-15-14-17(2)16-18/h14-16H,3-13H2,1-2H3/q+1. The van der Waals surface area contributed by atoms with Gasteiger partial charge in [0.1, 0.15) is 12.4 Å². The largest absolute Gasteiger partial charge is 0.243 e. The molecule has 0 saturated carbocycles. The molecule has 2 heteroatoms. The predicted molar refractivity (Wildman–Crippen MR) is 77.5 cm³/mol. The summed E-state index contributed by atoms with van der Waals surface area (Å²) in [5.41, 5.74) is 0. The van der Waals surface area contributed by atoms with Gasteiger partial charge in [-0.05, 0) is 12.8 Å². The zero-order chi connectivity index (χ0) is 13.1. The summed E-state index contributed by atoms with van der Waals surface area (Å²) in [7, 11) is 2.08. The van der Waals surface area contributed by atoms with Crippen LogP contribution in [0.25, 0.3) is 0 Å². The van der Waals surface area contributed by atoms with E-state index in [9.17, 15) is 0 Å². The van der Waals surface area contributed by atoms with Crippen LogP contribution in [0.4, 0.5) is 0 Å². The number of hydrogen-bond donors (Lipinski definition) is 0. The van der Waals surface area contributed by atoms with E-state index >= 15 is 0 Å². The summed E-state index contributed by atoms with van der Waals surface area (Å²) >= 11 is 0. The molecule has 104 valence electrons. The molecule has 0 amide bonds. The van der Waals surface area contributed by atoms with Gasteiger partial charge in [0.2, 0.25) is 6.33 Å². The third-order valence-electron chi connectivity index (χ3n) is 3.59. The Bertz CT molecular complexity index is 291. The van der Waals surface area contributed by atoms with Crippen LogP contribution < -0.4 is 4.57 Å². The molecule has 0 atom stereocenters. The van der Waals surface area contributed by atoms with Crippen LogP contribution in [0.2, 0.25) is 0 Å². The maximum absolute atomic E-state index is 2.28. The van der Waals surface area contributed by atoms with Crippen LogP contribution in [0.5, 0.6) is 0 Å². The molecule has 0 spiro atoms. The molecule has 1 aromatic rings. The van der Waals surface area contributed by atoms with Crippen LogP contribution in [0, 0.1) is 0 Å². The average molecular weight is 251 g/mol. The summed E-state index contributed by atoms with van der Waals surface area (Å²) in [5.74, 6) is 0. The summed E-state index contributed by atoms with van der Waals surface area (Å²) in [5, 5.41) is 0. The van der Waals surface area contributed by atoms with E-state index in [1.807, 2.05) is 0 Å². The lowest BCUT2D eigenvalue weighted by Crippen LogP contribution is -2.30. The smallest absolute Gasteiger partial charge is 0.240 e. The molecule has 0 aliphatic carbocycles. The maximum Gasteiger partial charge on any atom is 0.243 e. The molecule has 0 aromatic carbocycles. The summed E-state index contributed by atoms with van der Waals surface area (Å²) < 4.78 is 4.39. The van der Waals surface area contributed by atoms with E-state index < -0.39 is 0 Å². The van der Waals surface area contributed by atoms with Gasteiger partial charge in [0, 0.05) is 0 Å². The van der Waals surface area contributed by atoms with E-state index in [0.717, 1.165) is 0 Å². The minimum absolute atomic E-state index is 1.18. The van der Waals surface area contributed by atoms with E-state index in [1.54, 1.807) is 0 Å². The Morgan fingerprint density at radius 1 is 0.833 bits per heavy atom. The maximum atomic E-state index is 2.28. The van der Waals surface area contributed by atoms with Crippen molar-refractivity contribution in [3.05, 3.63) is 18.7 Å². The summed E-state index contributed by atoms with van der Waals surface area (Å²) in [4.78, 5) is 0. The van der Waals surface area contributed by atoms with Crippen LogP contribution in [0.15, 0.2) is 18.7 Å². The first-order chi connectivity index (χ1) is 8.83. The van der Waals surface area contributed by atoms with Crippen molar-refractivity contribution < 1.29 is 4.57 Å². The zero-order valence-corrected chi connectivity index (χ0v) is 12.4. The van der Waals surface area contributed by atoms with Gasteiger partial charge in [-0.15, -0.1) is 0 Å². The first kappa shape index (κ1) is 15.3. The molecule has 0 N–H and O–H groups in total. The highest BCUT2D eigenvalue weighted by molar-refractivity contribution is 4.61. The molecule has 2 nitrogen and oxygen atoms in total. The Balaban J connectivity index is 1.81. The van der Waals surface area contributed by atoms with Crippen LogP contribution in [-0.2, 0) is 13.6 Å². The predicted octanol–water partition coefficient (Wildman–Crippen LogP) is 4.23. The number of nitrogens with zero attached hydrogens (tertiary/aromatic N) is 2. The Morgan fingerprint density at radius 2 is 1.39 bits per heavy atom. The fourth-order valence-electron chi connectivity index (χ4n) is 2.42. The Morgan fingerprint density at radius 3 is 1.89 bits per heavy atom. The van der Waals surface area contributed by atoms with E-state index in [1.165, 1.54) is 70.8 Å². The zero-order valence-electron chi connectivity index (χ0n) is 12.4. The van der Waals surface area contributed by atoms with Crippen LogP contribution in [0.1, 0.15) is 71.1 Å². The fourth-order valence-corrected chi connectivity index (χ4v) is 2.42. The molecule has 0 radical (unpaired) electrons. The van der Waals surface area contributed by atoms with Crippen LogP contribution in [0.3, 0.4) is 0 Å². The van der Waals surface area contributed by atoms with Crippen molar-refractivity contribution in [1.29, 1.82) is 0 Å². The second-order valence-electron chi connectivity index (χ2n) is 5.50. The molecule has 0 saturated heterocycles. The van der Waals surface area contributed by atoms with Crippen molar-refractivity contribution in [2.24, 2.45) is 7.05 Å². The monoisotopic (exact) mass is 251 g/mol. The van der Waals surface area contributed by atoms with Gasteiger partial charge in [0.25, 0.3) is 0 Å². The molecular weight excluding hydrogens is 220 g/mol. The Hall–Kier alpha value is -0.790. The van der Waals surface area contributed by atoms with Crippen molar-refractivity contribution >= 4 is 0 Å².